The lowest BCUT2D eigenvalue weighted by molar-refractivity contribution is -0.124. The third kappa shape index (κ3) is 5.94. The SMILES string of the molecule is COc1cc(/C=C2\SC(=Nc3ccccc3)N([C@@H]3CCCC[C@@H]3C)C2=O)ccc1OCc1ccc(F)cc1. The number of benzene rings is 3. The Hall–Kier alpha value is -3.58. The molecule has 196 valence electrons. The van der Waals surface area contributed by atoms with Crippen LogP contribution in [0.5, 0.6) is 11.5 Å². The van der Waals surface area contributed by atoms with Gasteiger partial charge in [-0.1, -0.05) is 56.2 Å². The van der Waals surface area contributed by atoms with E-state index in [1.807, 2.05) is 59.5 Å². The predicted octanol–water partition coefficient (Wildman–Crippen LogP) is 7.60. The monoisotopic (exact) mass is 530 g/mol. The molecule has 1 saturated carbocycles. The molecule has 1 amide bonds. The van der Waals surface area contributed by atoms with Crippen LogP contribution in [0.4, 0.5) is 10.1 Å². The first kappa shape index (κ1) is 26.0. The molecule has 0 N–H and O–H groups in total. The fourth-order valence-electron chi connectivity index (χ4n) is 4.94. The van der Waals surface area contributed by atoms with Crippen molar-refractivity contribution in [3.05, 3.63) is 94.6 Å². The van der Waals surface area contributed by atoms with E-state index in [2.05, 4.69) is 6.92 Å². The molecule has 5 rings (SSSR count). The van der Waals surface area contributed by atoms with Crippen LogP contribution in [-0.4, -0.2) is 29.1 Å². The van der Waals surface area contributed by atoms with Crippen LogP contribution in [0.1, 0.15) is 43.7 Å². The molecule has 38 heavy (non-hydrogen) atoms. The van der Waals surface area contributed by atoms with E-state index in [1.165, 1.54) is 30.3 Å². The topological polar surface area (TPSA) is 51.1 Å². The van der Waals surface area contributed by atoms with Gasteiger partial charge in [0, 0.05) is 6.04 Å². The van der Waals surface area contributed by atoms with E-state index in [0.717, 1.165) is 41.2 Å². The average molecular weight is 531 g/mol. The van der Waals surface area contributed by atoms with E-state index in [-0.39, 0.29) is 17.8 Å². The van der Waals surface area contributed by atoms with Crippen molar-refractivity contribution in [3.8, 4) is 11.5 Å². The Morgan fingerprint density at radius 2 is 1.79 bits per heavy atom. The molecule has 2 aliphatic rings. The van der Waals surface area contributed by atoms with E-state index in [0.29, 0.717) is 28.9 Å². The van der Waals surface area contributed by atoms with Crippen LogP contribution >= 0.6 is 11.8 Å². The van der Waals surface area contributed by atoms with Crippen molar-refractivity contribution in [2.45, 2.75) is 45.3 Å². The maximum atomic E-state index is 13.7. The third-order valence-electron chi connectivity index (χ3n) is 7.01. The number of ether oxygens (including phenoxy) is 2. The smallest absolute Gasteiger partial charge is 0.267 e. The van der Waals surface area contributed by atoms with Gasteiger partial charge in [-0.2, -0.15) is 0 Å². The molecule has 0 bridgehead atoms. The minimum atomic E-state index is -0.281. The summed E-state index contributed by atoms with van der Waals surface area (Å²) in [6, 6.07) is 21.7. The third-order valence-corrected chi connectivity index (χ3v) is 7.99. The summed E-state index contributed by atoms with van der Waals surface area (Å²) in [6.07, 6.45) is 6.33. The number of amidine groups is 1. The second kappa shape index (κ2) is 11.9. The highest BCUT2D eigenvalue weighted by Gasteiger charge is 2.41. The summed E-state index contributed by atoms with van der Waals surface area (Å²) >= 11 is 1.42. The molecule has 2 atom stereocenters. The van der Waals surface area contributed by atoms with Gasteiger partial charge in [0.25, 0.3) is 5.91 Å². The Balaban J connectivity index is 1.40. The van der Waals surface area contributed by atoms with Gasteiger partial charge in [0.1, 0.15) is 12.4 Å². The predicted molar refractivity (Wildman–Crippen MR) is 151 cm³/mol. The Morgan fingerprint density at radius 3 is 2.53 bits per heavy atom. The number of rotatable bonds is 7. The number of aliphatic imine (C=N–C) groups is 1. The zero-order chi connectivity index (χ0) is 26.5. The van der Waals surface area contributed by atoms with Gasteiger partial charge in [-0.3, -0.25) is 9.69 Å². The van der Waals surface area contributed by atoms with Crippen molar-refractivity contribution >= 4 is 34.6 Å². The van der Waals surface area contributed by atoms with E-state index in [4.69, 9.17) is 14.5 Å². The summed E-state index contributed by atoms with van der Waals surface area (Å²) in [7, 11) is 1.59. The van der Waals surface area contributed by atoms with Crippen molar-refractivity contribution in [2.24, 2.45) is 10.9 Å². The lowest BCUT2D eigenvalue weighted by atomic mass is 9.85. The van der Waals surface area contributed by atoms with Gasteiger partial charge in [-0.15, -0.1) is 0 Å². The number of halogens is 1. The molecular formula is C31H31FN2O3S. The maximum Gasteiger partial charge on any atom is 0.267 e. The summed E-state index contributed by atoms with van der Waals surface area (Å²) < 4.78 is 24.7. The zero-order valence-electron chi connectivity index (χ0n) is 21.6. The Kier molecular flexibility index (Phi) is 8.13. The number of methoxy groups -OCH3 is 1. The minimum absolute atomic E-state index is 0.000894. The molecule has 1 aliphatic carbocycles. The highest BCUT2D eigenvalue weighted by molar-refractivity contribution is 8.18. The number of hydrogen-bond donors (Lipinski definition) is 0. The van der Waals surface area contributed by atoms with Gasteiger partial charge in [-0.05, 0) is 84.1 Å². The molecule has 0 radical (unpaired) electrons. The number of thioether (sulfide) groups is 1. The molecule has 3 aromatic rings. The number of hydrogen-bond acceptors (Lipinski definition) is 5. The summed E-state index contributed by atoms with van der Waals surface area (Å²) in [5.41, 5.74) is 2.53. The second-order valence-electron chi connectivity index (χ2n) is 9.67. The normalized spacial score (nSPS) is 21.8. The van der Waals surface area contributed by atoms with Crippen molar-refractivity contribution < 1.29 is 18.7 Å². The van der Waals surface area contributed by atoms with Crippen molar-refractivity contribution in [2.75, 3.05) is 7.11 Å². The highest BCUT2D eigenvalue weighted by atomic mass is 32.2. The van der Waals surface area contributed by atoms with Gasteiger partial charge >= 0.3 is 0 Å². The number of carbonyl (C=O) groups is 1. The highest BCUT2D eigenvalue weighted by Crippen LogP contribution is 2.40. The van der Waals surface area contributed by atoms with E-state index in [1.54, 1.807) is 19.2 Å². The molecule has 0 aromatic heterocycles. The molecule has 1 aliphatic heterocycles. The van der Waals surface area contributed by atoms with E-state index < -0.39 is 0 Å². The molecule has 0 unspecified atom stereocenters. The summed E-state index contributed by atoms with van der Waals surface area (Å²) in [6.45, 7) is 2.53. The van der Waals surface area contributed by atoms with Gasteiger partial charge in [0.2, 0.25) is 0 Å². The Labute approximate surface area is 227 Å². The fourth-order valence-corrected chi connectivity index (χ4v) is 5.98. The number of carbonyl (C=O) groups excluding carboxylic acids is 1. The molecule has 0 spiro atoms. The molecule has 1 saturated heterocycles. The largest absolute Gasteiger partial charge is 0.493 e. The zero-order valence-corrected chi connectivity index (χ0v) is 22.4. The van der Waals surface area contributed by atoms with Gasteiger partial charge in [-0.25, -0.2) is 9.38 Å². The quantitative estimate of drug-likeness (QED) is 0.295. The summed E-state index contributed by atoms with van der Waals surface area (Å²) in [4.78, 5) is 21.2. The lowest BCUT2D eigenvalue weighted by Crippen LogP contribution is -2.44. The first-order valence-corrected chi connectivity index (χ1v) is 13.8. The van der Waals surface area contributed by atoms with Crippen LogP contribution in [0.25, 0.3) is 6.08 Å². The molecule has 5 nitrogen and oxygen atoms in total. The molecule has 7 heteroatoms. The van der Waals surface area contributed by atoms with Crippen LogP contribution in [0.3, 0.4) is 0 Å². The summed E-state index contributed by atoms with van der Waals surface area (Å²) in [5, 5.41) is 0.734. The van der Waals surface area contributed by atoms with E-state index in [9.17, 15) is 9.18 Å². The van der Waals surface area contributed by atoms with Crippen LogP contribution in [-0.2, 0) is 11.4 Å². The maximum absolute atomic E-state index is 13.7. The average Bonchev–Trinajstić information content (AvgIpc) is 3.23. The minimum Gasteiger partial charge on any atom is -0.493 e. The number of amides is 1. The van der Waals surface area contributed by atoms with Gasteiger partial charge in [0.05, 0.1) is 17.7 Å². The second-order valence-corrected chi connectivity index (χ2v) is 10.7. The Morgan fingerprint density at radius 1 is 1.03 bits per heavy atom. The number of para-hydroxylation sites is 1. The number of nitrogens with zero attached hydrogens (tertiary/aromatic N) is 2. The standard InChI is InChI=1S/C31H31FN2O3S/c1-21-8-6-7-11-26(21)34-30(35)29(38-31(34)33-25-9-4-3-5-10-25)19-23-14-17-27(28(18-23)36-2)37-20-22-12-15-24(32)16-13-22/h3-5,9-10,12-19,21,26H,6-8,11,20H2,1-2H3/b29-19-,33-31?/t21-,26+/m0/s1. The van der Waals surface area contributed by atoms with Crippen molar-refractivity contribution in [1.82, 2.24) is 4.90 Å². The van der Waals surface area contributed by atoms with Gasteiger partial charge in [0.15, 0.2) is 16.7 Å². The fraction of sp³-hybridized carbons (Fsp3) is 0.290. The van der Waals surface area contributed by atoms with Gasteiger partial charge < -0.3 is 9.47 Å². The Bertz CT molecular complexity index is 1340. The molecule has 2 fully saturated rings. The molecular weight excluding hydrogens is 499 g/mol. The van der Waals surface area contributed by atoms with Crippen LogP contribution in [0.2, 0.25) is 0 Å². The first-order chi connectivity index (χ1) is 18.5. The molecule has 1 heterocycles. The van der Waals surface area contributed by atoms with E-state index >= 15 is 0 Å². The van der Waals surface area contributed by atoms with Crippen LogP contribution in [0, 0.1) is 11.7 Å². The molecule has 3 aromatic carbocycles. The van der Waals surface area contributed by atoms with Crippen molar-refractivity contribution in [1.29, 1.82) is 0 Å². The van der Waals surface area contributed by atoms with Crippen molar-refractivity contribution in [3.63, 3.8) is 0 Å². The first-order valence-electron chi connectivity index (χ1n) is 12.9. The summed E-state index contributed by atoms with van der Waals surface area (Å²) in [5.74, 6) is 1.28. The van der Waals surface area contributed by atoms with Crippen LogP contribution < -0.4 is 9.47 Å². The lowest BCUT2D eigenvalue weighted by Gasteiger charge is -2.35. The van der Waals surface area contributed by atoms with Crippen LogP contribution in [0.15, 0.2) is 82.7 Å².